The van der Waals surface area contributed by atoms with Crippen LogP contribution < -0.4 is 10.2 Å². The number of carbonyl (C=O) groups is 3. The number of anilines is 1. The van der Waals surface area contributed by atoms with Crippen molar-refractivity contribution < 1.29 is 14.4 Å². The van der Waals surface area contributed by atoms with Gasteiger partial charge in [-0.05, 0) is 43.2 Å². The summed E-state index contributed by atoms with van der Waals surface area (Å²) < 4.78 is 0. The highest BCUT2D eigenvalue weighted by atomic mass is 16.2. The average molecular weight is 435 g/mol. The molecule has 168 valence electrons. The summed E-state index contributed by atoms with van der Waals surface area (Å²) in [5, 5.41) is 2.73. The number of amides is 3. The van der Waals surface area contributed by atoms with Crippen LogP contribution in [0, 0.1) is 6.92 Å². The van der Waals surface area contributed by atoms with E-state index < -0.39 is 0 Å². The van der Waals surface area contributed by atoms with Crippen molar-refractivity contribution in [3.63, 3.8) is 0 Å². The number of piperazine rings is 1. The van der Waals surface area contributed by atoms with E-state index in [0.717, 1.165) is 38.3 Å². The first-order valence-electron chi connectivity index (χ1n) is 11.2. The monoisotopic (exact) mass is 434 g/mol. The van der Waals surface area contributed by atoms with E-state index in [1.807, 2.05) is 4.90 Å². The fraction of sp³-hybridized carbons (Fsp3) is 0.400. The number of carbonyl (C=O) groups excluding carboxylic acids is 3. The highest BCUT2D eigenvalue weighted by molar-refractivity contribution is 5.98. The van der Waals surface area contributed by atoms with Crippen LogP contribution in [0.3, 0.4) is 0 Å². The zero-order valence-electron chi connectivity index (χ0n) is 18.5. The second-order valence-electron chi connectivity index (χ2n) is 8.52. The van der Waals surface area contributed by atoms with Crippen molar-refractivity contribution in [2.24, 2.45) is 0 Å². The van der Waals surface area contributed by atoms with Gasteiger partial charge in [-0.3, -0.25) is 19.3 Å². The molecule has 0 atom stereocenters. The smallest absolute Gasteiger partial charge is 0.251 e. The molecule has 7 heteroatoms. The Kier molecular flexibility index (Phi) is 6.85. The van der Waals surface area contributed by atoms with Crippen LogP contribution in [0.1, 0.15) is 34.3 Å². The molecule has 32 heavy (non-hydrogen) atoms. The predicted octanol–water partition coefficient (Wildman–Crippen LogP) is 2.20. The zero-order chi connectivity index (χ0) is 22.5. The van der Waals surface area contributed by atoms with Crippen LogP contribution in [0.2, 0.25) is 0 Å². The van der Waals surface area contributed by atoms with E-state index in [9.17, 15) is 14.4 Å². The van der Waals surface area contributed by atoms with Gasteiger partial charge < -0.3 is 15.1 Å². The number of rotatable bonds is 6. The number of aryl methyl sites for hydroxylation is 1. The number of hydrogen-bond donors (Lipinski definition) is 1. The minimum atomic E-state index is -0.282. The van der Waals surface area contributed by atoms with Crippen molar-refractivity contribution in [3.8, 4) is 0 Å². The Balaban J connectivity index is 1.21. The van der Waals surface area contributed by atoms with Gasteiger partial charge in [-0.1, -0.05) is 29.8 Å². The first-order valence-corrected chi connectivity index (χ1v) is 11.2. The molecule has 1 N–H and O–H groups in total. The van der Waals surface area contributed by atoms with E-state index in [4.69, 9.17) is 0 Å². The summed E-state index contributed by atoms with van der Waals surface area (Å²) in [7, 11) is 0. The van der Waals surface area contributed by atoms with Crippen molar-refractivity contribution in [1.29, 1.82) is 0 Å². The van der Waals surface area contributed by atoms with Gasteiger partial charge in [-0.25, -0.2) is 0 Å². The Morgan fingerprint density at radius 1 is 0.969 bits per heavy atom. The van der Waals surface area contributed by atoms with Crippen molar-refractivity contribution >= 4 is 23.4 Å². The van der Waals surface area contributed by atoms with Gasteiger partial charge in [-0.15, -0.1) is 0 Å². The zero-order valence-corrected chi connectivity index (χ0v) is 18.5. The molecule has 0 aromatic heterocycles. The SMILES string of the molecule is Cc1cccc(CN2CCN(C(=O)CNC(=O)c3ccc(N4CCCC4=O)cc3)CC2)c1. The van der Waals surface area contributed by atoms with Crippen LogP contribution in [0.5, 0.6) is 0 Å². The average Bonchev–Trinajstić information content (AvgIpc) is 3.23. The van der Waals surface area contributed by atoms with Gasteiger partial charge in [0.2, 0.25) is 11.8 Å². The van der Waals surface area contributed by atoms with Gasteiger partial charge in [0, 0.05) is 56.9 Å². The maximum atomic E-state index is 12.6. The van der Waals surface area contributed by atoms with Crippen LogP contribution in [0.4, 0.5) is 5.69 Å². The minimum absolute atomic E-state index is 0.0108. The molecule has 2 aliphatic heterocycles. The lowest BCUT2D eigenvalue weighted by Crippen LogP contribution is -2.50. The van der Waals surface area contributed by atoms with E-state index >= 15 is 0 Å². The first-order chi connectivity index (χ1) is 15.5. The summed E-state index contributed by atoms with van der Waals surface area (Å²) in [6.45, 7) is 6.67. The van der Waals surface area contributed by atoms with Crippen molar-refractivity contribution in [3.05, 3.63) is 65.2 Å². The lowest BCUT2D eigenvalue weighted by atomic mass is 10.1. The minimum Gasteiger partial charge on any atom is -0.343 e. The lowest BCUT2D eigenvalue weighted by molar-refractivity contribution is -0.131. The normalized spacial score (nSPS) is 17.0. The molecule has 0 spiro atoms. The molecule has 2 heterocycles. The molecule has 2 aromatic rings. The van der Waals surface area contributed by atoms with E-state index in [1.165, 1.54) is 11.1 Å². The summed E-state index contributed by atoms with van der Waals surface area (Å²) in [5.41, 5.74) is 3.84. The van der Waals surface area contributed by atoms with Gasteiger partial charge in [0.1, 0.15) is 0 Å². The quantitative estimate of drug-likeness (QED) is 0.757. The van der Waals surface area contributed by atoms with Crippen LogP contribution in [0.25, 0.3) is 0 Å². The third-order valence-electron chi connectivity index (χ3n) is 6.13. The second-order valence-corrected chi connectivity index (χ2v) is 8.52. The number of hydrogen-bond acceptors (Lipinski definition) is 4. The second kappa shape index (κ2) is 9.96. The first kappa shape index (κ1) is 22.0. The Morgan fingerprint density at radius 3 is 2.38 bits per heavy atom. The largest absolute Gasteiger partial charge is 0.343 e. The van der Waals surface area contributed by atoms with E-state index in [1.54, 1.807) is 29.2 Å². The Morgan fingerprint density at radius 2 is 1.72 bits per heavy atom. The Hall–Kier alpha value is -3.19. The lowest BCUT2D eigenvalue weighted by Gasteiger charge is -2.34. The highest BCUT2D eigenvalue weighted by Gasteiger charge is 2.23. The number of benzene rings is 2. The predicted molar refractivity (Wildman–Crippen MR) is 123 cm³/mol. The number of nitrogens with one attached hydrogen (secondary N) is 1. The molecule has 0 radical (unpaired) electrons. The van der Waals surface area contributed by atoms with Crippen LogP contribution in [-0.2, 0) is 16.1 Å². The molecule has 2 saturated heterocycles. The topological polar surface area (TPSA) is 73.0 Å². The molecule has 2 fully saturated rings. The van der Waals surface area contributed by atoms with Crippen LogP contribution in [-0.4, -0.2) is 66.8 Å². The van der Waals surface area contributed by atoms with Gasteiger partial charge in [0.25, 0.3) is 5.91 Å². The summed E-state index contributed by atoms with van der Waals surface area (Å²) in [4.78, 5) is 42.8. The fourth-order valence-corrected chi connectivity index (χ4v) is 4.31. The van der Waals surface area contributed by atoms with Gasteiger partial charge >= 0.3 is 0 Å². The third-order valence-corrected chi connectivity index (χ3v) is 6.13. The summed E-state index contributed by atoms with van der Waals surface area (Å²) in [6, 6.07) is 15.5. The maximum absolute atomic E-state index is 12.6. The van der Waals surface area contributed by atoms with Crippen molar-refractivity contribution in [2.75, 3.05) is 44.2 Å². The van der Waals surface area contributed by atoms with Crippen LogP contribution >= 0.6 is 0 Å². The molecular weight excluding hydrogens is 404 g/mol. The molecule has 0 bridgehead atoms. The number of nitrogens with zero attached hydrogens (tertiary/aromatic N) is 3. The molecule has 0 unspecified atom stereocenters. The molecule has 7 nitrogen and oxygen atoms in total. The highest BCUT2D eigenvalue weighted by Crippen LogP contribution is 2.21. The van der Waals surface area contributed by atoms with Gasteiger partial charge in [0.05, 0.1) is 6.54 Å². The van der Waals surface area contributed by atoms with E-state index in [0.29, 0.717) is 25.1 Å². The summed E-state index contributed by atoms with van der Waals surface area (Å²) in [5.74, 6) is -0.227. The Labute approximate surface area is 189 Å². The molecular formula is C25H30N4O3. The molecule has 2 aromatic carbocycles. The van der Waals surface area contributed by atoms with Crippen LogP contribution in [0.15, 0.2) is 48.5 Å². The summed E-state index contributed by atoms with van der Waals surface area (Å²) in [6.07, 6.45) is 1.44. The standard InChI is InChI=1S/C25H30N4O3/c1-19-4-2-5-20(16-19)18-27-12-14-28(15-13-27)24(31)17-26-25(32)21-7-9-22(10-8-21)29-11-3-6-23(29)30/h2,4-5,7-10,16H,3,6,11-15,17-18H2,1H3,(H,26,32). The van der Waals surface area contributed by atoms with Crippen molar-refractivity contribution in [2.45, 2.75) is 26.3 Å². The van der Waals surface area contributed by atoms with E-state index in [2.05, 4.69) is 41.4 Å². The van der Waals surface area contributed by atoms with Gasteiger partial charge in [0.15, 0.2) is 0 Å². The maximum Gasteiger partial charge on any atom is 0.251 e. The summed E-state index contributed by atoms with van der Waals surface area (Å²) >= 11 is 0. The van der Waals surface area contributed by atoms with E-state index in [-0.39, 0.29) is 24.3 Å². The fourth-order valence-electron chi connectivity index (χ4n) is 4.31. The van der Waals surface area contributed by atoms with Gasteiger partial charge in [-0.2, -0.15) is 0 Å². The third kappa shape index (κ3) is 5.34. The molecule has 2 aliphatic rings. The van der Waals surface area contributed by atoms with Crippen molar-refractivity contribution in [1.82, 2.24) is 15.1 Å². The molecule has 3 amide bonds. The Bertz CT molecular complexity index is 981. The molecule has 0 aliphatic carbocycles. The molecule has 4 rings (SSSR count). The molecule has 0 saturated carbocycles.